The summed E-state index contributed by atoms with van der Waals surface area (Å²) in [6, 6.07) is 17.1. The SMILES string of the molecule is CNC(=O)c1cc(S(=O)(=O)c2ccc(CCNC[C@@H](O)c3cccc(Cl)c3)cc2)ccc1O.Cl. The number of carbonyl (C=O) groups excluding carboxylic acids is 1. The second kappa shape index (κ2) is 12.2. The first kappa shape index (κ1) is 27.6. The topological polar surface area (TPSA) is 116 Å². The highest BCUT2D eigenvalue weighted by atomic mass is 35.5. The van der Waals surface area contributed by atoms with Crippen LogP contribution in [0.1, 0.15) is 27.6 Å². The van der Waals surface area contributed by atoms with Gasteiger partial charge in [-0.15, -0.1) is 12.4 Å². The number of aromatic hydroxyl groups is 1. The van der Waals surface area contributed by atoms with Gasteiger partial charge in [-0.3, -0.25) is 4.79 Å². The van der Waals surface area contributed by atoms with Crippen LogP contribution in [0.3, 0.4) is 0 Å². The third-order valence-corrected chi connectivity index (χ3v) is 7.15. The molecule has 0 bridgehead atoms. The van der Waals surface area contributed by atoms with Gasteiger partial charge in [0.25, 0.3) is 5.91 Å². The molecule has 0 saturated heterocycles. The van der Waals surface area contributed by atoms with Gasteiger partial charge < -0.3 is 20.8 Å². The number of benzene rings is 3. The molecular formula is C24H26Cl2N2O5S. The molecule has 182 valence electrons. The maximum atomic E-state index is 13.0. The predicted molar refractivity (Wildman–Crippen MR) is 134 cm³/mol. The molecule has 0 fully saturated rings. The lowest BCUT2D eigenvalue weighted by atomic mass is 10.1. The van der Waals surface area contributed by atoms with E-state index in [2.05, 4.69) is 10.6 Å². The molecule has 3 aromatic carbocycles. The number of hydrogen-bond acceptors (Lipinski definition) is 6. The van der Waals surface area contributed by atoms with Gasteiger partial charge in [-0.05, 0) is 66.6 Å². The Morgan fingerprint density at radius 3 is 2.35 bits per heavy atom. The van der Waals surface area contributed by atoms with Gasteiger partial charge in [0.1, 0.15) is 5.75 Å². The Kier molecular flexibility index (Phi) is 9.90. The fourth-order valence-corrected chi connectivity index (χ4v) is 4.76. The summed E-state index contributed by atoms with van der Waals surface area (Å²) in [4.78, 5) is 11.9. The molecule has 0 saturated carbocycles. The van der Waals surface area contributed by atoms with Crippen molar-refractivity contribution in [3.05, 3.63) is 88.4 Å². The van der Waals surface area contributed by atoms with Gasteiger partial charge in [0.2, 0.25) is 9.84 Å². The molecule has 0 radical (unpaired) electrons. The summed E-state index contributed by atoms with van der Waals surface area (Å²) in [6.07, 6.45) is -0.0379. The molecule has 1 amide bonds. The number of nitrogens with one attached hydrogen (secondary N) is 2. The number of phenols is 1. The molecule has 4 N–H and O–H groups in total. The van der Waals surface area contributed by atoms with E-state index in [1.54, 1.807) is 30.3 Å². The van der Waals surface area contributed by atoms with Crippen molar-refractivity contribution in [3.8, 4) is 5.75 Å². The first-order valence-corrected chi connectivity index (χ1v) is 12.1. The van der Waals surface area contributed by atoms with Crippen molar-refractivity contribution in [2.24, 2.45) is 0 Å². The third kappa shape index (κ3) is 6.71. The number of phenolic OH excluding ortho intramolecular Hbond substituents is 1. The zero-order valence-electron chi connectivity index (χ0n) is 18.4. The average molecular weight is 525 g/mol. The molecule has 0 unspecified atom stereocenters. The molecule has 34 heavy (non-hydrogen) atoms. The number of aliphatic hydroxyl groups is 1. The standard InChI is InChI=1S/C24H25ClN2O5S.ClH/c1-26-24(30)21-14-20(9-10-22(21)28)33(31,32)19-7-5-16(6-8-19)11-12-27-15-23(29)17-3-2-4-18(25)13-17;/h2-10,13-14,23,27-29H,11-12,15H2,1H3,(H,26,30);1H/t23-;/m1./s1. The van der Waals surface area contributed by atoms with Crippen LogP contribution >= 0.6 is 24.0 Å². The number of rotatable bonds is 9. The molecule has 10 heteroatoms. The maximum Gasteiger partial charge on any atom is 0.254 e. The van der Waals surface area contributed by atoms with E-state index in [1.165, 1.54) is 31.3 Å². The summed E-state index contributed by atoms with van der Waals surface area (Å²) in [7, 11) is -2.46. The average Bonchev–Trinajstić information content (AvgIpc) is 2.81. The highest BCUT2D eigenvalue weighted by Gasteiger charge is 2.21. The first-order chi connectivity index (χ1) is 15.7. The van der Waals surface area contributed by atoms with Gasteiger partial charge >= 0.3 is 0 Å². The van der Waals surface area contributed by atoms with Gasteiger partial charge in [-0.1, -0.05) is 35.9 Å². The molecule has 0 heterocycles. The summed E-state index contributed by atoms with van der Waals surface area (Å²) in [6.45, 7) is 0.957. The Bertz CT molecular complexity index is 1230. The summed E-state index contributed by atoms with van der Waals surface area (Å²) >= 11 is 5.95. The predicted octanol–water partition coefficient (Wildman–Crippen LogP) is 3.53. The Morgan fingerprint density at radius 1 is 1.03 bits per heavy atom. The van der Waals surface area contributed by atoms with E-state index in [1.807, 2.05) is 6.07 Å². The number of halogens is 2. The van der Waals surface area contributed by atoms with Crippen LogP contribution in [-0.4, -0.2) is 44.7 Å². The van der Waals surface area contributed by atoms with Crippen LogP contribution in [0.25, 0.3) is 0 Å². The van der Waals surface area contributed by atoms with Crippen molar-refractivity contribution in [2.45, 2.75) is 22.3 Å². The van der Waals surface area contributed by atoms with Crippen molar-refractivity contribution < 1.29 is 23.4 Å². The van der Waals surface area contributed by atoms with Crippen molar-refractivity contribution in [1.82, 2.24) is 10.6 Å². The van der Waals surface area contributed by atoms with Gasteiger partial charge in [0.05, 0.1) is 21.5 Å². The fourth-order valence-electron chi connectivity index (χ4n) is 3.27. The van der Waals surface area contributed by atoms with E-state index < -0.39 is 21.8 Å². The number of sulfone groups is 1. The number of carbonyl (C=O) groups is 1. The molecule has 0 aromatic heterocycles. The van der Waals surface area contributed by atoms with Crippen molar-refractivity contribution >= 4 is 39.8 Å². The summed E-state index contributed by atoms with van der Waals surface area (Å²) < 4.78 is 25.9. The highest BCUT2D eigenvalue weighted by molar-refractivity contribution is 7.91. The molecule has 7 nitrogen and oxygen atoms in total. The lowest BCUT2D eigenvalue weighted by Gasteiger charge is -2.13. The Labute approximate surface area is 210 Å². The minimum absolute atomic E-state index is 0. The largest absolute Gasteiger partial charge is 0.507 e. The van der Waals surface area contributed by atoms with E-state index in [0.717, 1.165) is 17.2 Å². The summed E-state index contributed by atoms with van der Waals surface area (Å²) in [5, 5.41) is 26.2. The molecule has 3 aromatic rings. The van der Waals surface area contributed by atoms with Gasteiger partial charge in [0, 0.05) is 18.6 Å². The fraction of sp³-hybridized carbons (Fsp3) is 0.208. The summed E-state index contributed by atoms with van der Waals surface area (Å²) in [5.74, 6) is -0.871. The molecule has 0 spiro atoms. The van der Waals surface area contributed by atoms with Crippen molar-refractivity contribution in [3.63, 3.8) is 0 Å². The minimum atomic E-state index is -3.86. The van der Waals surface area contributed by atoms with E-state index in [-0.39, 0.29) is 33.5 Å². The quantitative estimate of drug-likeness (QED) is 0.318. The van der Waals surface area contributed by atoms with Crippen LogP contribution < -0.4 is 10.6 Å². The summed E-state index contributed by atoms with van der Waals surface area (Å²) in [5.41, 5.74) is 1.55. The van der Waals surface area contributed by atoms with Crippen molar-refractivity contribution in [2.75, 3.05) is 20.1 Å². The third-order valence-electron chi connectivity index (χ3n) is 5.15. The van der Waals surface area contributed by atoms with E-state index in [0.29, 0.717) is 24.5 Å². The Balaban J connectivity index is 0.00000408. The van der Waals surface area contributed by atoms with Gasteiger partial charge in [-0.2, -0.15) is 0 Å². The molecular weight excluding hydrogens is 499 g/mol. The normalized spacial score (nSPS) is 12.0. The highest BCUT2D eigenvalue weighted by Crippen LogP contribution is 2.26. The van der Waals surface area contributed by atoms with Crippen LogP contribution in [0.4, 0.5) is 0 Å². The Hall–Kier alpha value is -2.62. The van der Waals surface area contributed by atoms with Crippen LogP contribution in [0.15, 0.2) is 76.5 Å². The lowest BCUT2D eigenvalue weighted by molar-refractivity contribution is 0.0960. The number of amides is 1. The van der Waals surface area contributed by atoms with Crippen LogP contribution in [0, 0.1) is 0 Å². The molecule has 3 rings (SSSR count). The van der Waals surface area contributed by atoms with Gasteiger partial charge in [0.15, 0.2) is 0 Å². The first-order valence-electron chi connectivity index (χ1n) is 10.3. The Morgan fingerprint density at radius 2 is 1.71 bits per heavy atom. The van der Waals surface area contributed by atoms with Crippen LogP contribution in [-0.2, 0) is 16.3 Å². The second-order valence-electron chi connectivity index (χ2n) is 7.43. The lowest BCUT2D eigenvalue weighted by Crippen LogP contribution is -2.23. The van der Waals surface area contributed by atoms with E-state index >= 15 is 0 Å². The minimum Gasteiger partial charge on any atom is -0.507 e. The van der Waals surface area contributed by atoms with E-state index in [4.69, 9.17) is 11.6 Å². The van der Waals surface area contributed by atoms with Crippen LogP contribution in [0.5, 0.6) is 5.75 Å². The second-order valence-corrected chi connectivity index (χ2v) is 9.82. The van der Waals surface area contributed by atoms with Crippen LogP contribution in [0.2, 0.25) is 5.02 Å². The van der Waals surface area contributed by atoms with E-state index in [9.17, 15) is 23.4 Å². The number of hydrogen-bond donors (Lipinski definition) is 4. The zero-order valence-corrected chi connectivity index (χ0v) is 20.8. The molecule has 0 aliphatic rings. The van der Waals surface area contributed by atoms with Crippen molar-refractivity contribution in [1.29, 1.82) is 0 Å². The smallest absolute Gasteiger partial charge is 0.254 e. The van der Waals surface area contributed by atoms with Gasteiger partial charge in [-0.25, -0.2) is 8.42 Å². The molecule has 0 aliphatic heterocycles. The monoisotopic (exact) mass is 524 g/mol. The molecule has 0 aliphatic carbocycles. The molecule has 1 atom stereocenters. The number of aliphatic hydroxyl groups excluding tert-OH is 1. The zero-order chi connectivity index (χ0) is 24.0. The maximum absolute atomic E-state index is 13.0.